The van der Waals surface area contributed by atoms with Gasteiger partial charge in [0.1, 0.15) is 19.3 Å². The Balaban J connectivity index is 5.25. The summed E-state index contributed by atoms with van der Waals surface area (Å²) in [6.07, 6.45) is 48.6. The quantitative estimate of drug-likeness (QED) is 0.0222. The van der Waals surface area contributed by atoms with Gasteiger partial charge in [-0.25, -0.2) is 9.13 Å². The topological polar surface area (TPSA) is 237 Å². The van der Waals surface area contributed by atoms with E-state index in [0.717, 1.165) is 114 Å². The number of hydrogen-bond acceptors (Lipinski definition) is 15. The summed E-state index contributed by atoms with van der Waals surface area (Å²) in [5.74, 6) is 0.121. The van der Waals surface area contributed by atoms with E-state index in [1.54, 1.807) is 0 Å². The normalized spacial score (nSPS) is 14.4. The third-order valence-corrected chi connectivity index (χ3v) is 19.1. The Labute approximate surface area is 562 Å². The fourth-order valence-corrected chi connectivity index (χ4v) is 12.6. The van der Waals surface area contributed by atoms with E-state index in [4.69, 9.17) is 37.0 Å². The van der Waals surface area contributed by atoms with Crippen LogP contribution in [0.4, 0.5) is 0 Å². The molecule has 92 heavy (non-hydrogen) atoms. The van der Waals surface area contributed by atoms with Crippen molar-refractivity contribution in [2.75, 3.05) is 39.6 Å². The summed E-state index contributed by atoms with van der Waals surface area (Å²) < 4.78 is 68.4. The second kappa shape index (κ2) is 63.8. The minimum absolute atomic E-state index is 0.103. The van der Waals surface area contributed by atoms with Crippen LogP contribution in [-0.4, -0.2) is 96.7 Å². The van der Waals surface area contributed by atoms with Gasteiger partial charge in [0, 0.05) is 25.7 Å². The van der Waals surface area contributed by atoms with Crippen molar-refractivity contribution in [3.05, 3.63) is 0 Å². The van der Waals surface area contributed by atoms with E-state index in [1.165, 1.54) is 173 Å². The number of carbonyl (C=O) groups is 4. The number of aliphatic hydroxyl groups is 1. The van der Waals surface area contributed by atoms with Crippen LogP contribution in [0.1, 0.15) is 370 Å². The summed E-state index contributed by atoms with van der Waals surface area (Å²) in [5.41, 5.74) is 0. The lowest BCUT2D eigenvalue weighted by Crippen LogP contribution is -2.30. The largest absolute Gasteiger partial charge is 0.472 e. The smallest absolute Gasteiger partial charge is 0.462 e. The van der Waals surface area contributed by atoms with Crippen molar-refractivity contribution in [1.29, 1.82) is 0 Å². The molecule has 0 aromatic carbocycles. The van der Waals surface area contributed by atoms with Crippen LogP contribution >= 0.6 is 15.6 Å². The van der Waals surface area contributed by atoms with Gasteiger partial charge in [-0.05, 0) is 43.4 Å². The van der Waals surface area contributed by atoms with Crippen molar-refractivity contribution in [1.82, 2.24) is 0 Å². The Morgan fingerprint density at radius 2 is 0.554 bits per heavy atom. The lowest BCUT2D eigenvalue weighted by Gasteiger charge is -2.21. The molecule has 0 saturated heterocycles. The first kappa shape index (κ1) is 90.1. The predicted octanol–water partition coefficient (Wildman–Crippen LogP) is 21.0. The van der Waals surface area contributed by atoms with Crippen LogP contribution in [0.2, 0.25) is 0 Å². The van der Waals surface area contributed by atoms with Gasteiger partial charge >= 0.3 is 39.5 Å². The van der Waals surface area contributed by atoms with Gasteiger partial charge in [0.25, 0.3) is 0 Å². The van der Waals surface area contributed by atoms with Gasteiger partial charge in [-0.2, -0.15) is 0 Å². The van der Waals surface area contributed by atoms with Crippen molar-refractivity contribution in [3.63, 3.8) is 0 Å². The molecule has 546 valence electrons. The molecule has 6 atom stereocenters. The highest BCUT2D eigenvalue weighted by Gasteiger charge is 2.30. The maximum Gasteiger partial charge on any atom is 0.472 e. The molecule has 0 aliphatic heterocycles. The van der Waals surface area contributed by atoms with E-state index in [0.29, 0.717) is 25.7 Å². The molecule has 0 heterocycles. The highest BCUT2D eigenvalue weighted by atomic mass is 31.2. The zero-order chi connectivity index (χ0) is 68.0. The molecule has 0 aliphatic carbocycles. The van der Waals surface area contributed by atoms with Gasteiger partial charge in [-0.1, -0.05) is 318 Å². The van der Waals surface area contributed by atoms with E-state index in [1.807, 2.05) is 0 Å². The third kappa shape index (κ3) is 65.4. The number of phosphoric acid groups is 2. The van der Waals surface area contributed by atoms with Crippen LogP contribution in [0.15, 0.2) is 0 Å². The van der Waals surface area contributed by atoms with Crippen LogP contribution in [0, 0.1) is 17.8 Å². The second-order valence-corrected chi connectivity index (χ2v) is 30.4. The molecule has 0 spiro atoms. The SMILES string of the molecule is CCCCCCCCCCCCCCCCC(=O)OC[C@H](COP(=O)(O)OC[C@@H](O)COP(=O)(O)OC[C@@H](COC(=O)CCCCCCCCC(C)CC)OC(=O)CCCCCCCCCCC(C)C)OC(=O)CCCCCCCCCCCCCCCCC(C)C. The monoisotopic (exact) mass is 1350 g/mol. The number of phosphoric ester groups is 2. The minimum atomic E-state index is -4.96. The molecular formula is C73H142O17P2. The number of esters is 4. The Bertz CT molecular complexity index is 1800. The van der Waals surface area contributed by atoms with Crippen molar-refractivity contribution in [3.8, 4) is 0 Å². The first-order chi connectivity index (χ1) is 44.3. The van der Waals surface area contributed by atoms with E-state index in [9.17, 15) is 43.2 Å². The highest BCUT2D eigenvalue weighted by Crippen LogP contribution is 2.45. The van der Waals surface area contributed by atoms with E-state index in [-0.39, 0.29) is 25.7 Å². The average Bonchev–Trinajstić information content (AvgIpc) is 2.71. The maximum atomic E-state index is 13.1. The summed E-state index contributed by atoms with van der Waals surface area (Å²) in [6, 6.07) is 0. The second-order valence-electron chi connectivity index (χ2n) is 27.5. The van der Waals surface area contributed by atoms with Crippen LogP contribution in [0.25, 0.3) is 0 Å². The van der Waals surface area contributed by atoms with Crippen molar-refractivity contribution < 1.29 is 80.2 Å². The van der Waals surface area contributed by atoms with Gasteiger partial charge in [0.2, 0.25) is 0 Å². The molecule has 0 saturated carbocycles. The Hall–Kier alpha value is -1.94. The zero-order valence-electron chi connectivity index (χ0n) is 60.0. The van der Waals surface area contributed by atoms with Gasteiger partial charge in [0.05, 0.1) is 26.4 Å². The van der Waals surface area contributed by atoms with E-state index < -0.39 is 97.5 Å². The van der Waals surface area contributed by atoms with Crippen LogP contribution < -0.4 is 0 Å². The standard InChI is InChI=1S/C73H142O17P2/c1-8-10-11-12-13-14-15-16-20-23-26-32-40-47-54-70(75)83-60-68(89-72(77)56-49-42-33-27-24-21-18-17-19-22-25-30-37-44-51-64(3)4)62-87-91(79,80)85-58-67(74)59-86-92(81,82)88-63-69(61-84-71(76)55-48-41-36-35-39-46-53-66(7)9-2)90-73(78)57-50-43-34-29-28-31-38-45-52-65(5)6/h64-69,74H,8-63H2,1-7H3,(H,79,80)(H,81,82)/t66?,67-,68-,69-/m1/s1. The fourth-order valence-electron chi connectivity index (χ4n) is 11.0. The van der Waals surface area contributed by atoms with Crippen molar-refractivity contribution in [2.45, 2.75) is 388 Å². The summed E-state index contributed by atoms with van der Waals surface area (Å²) in [4.78, 5) is 72.7. The molecule has 0 aromatic rings. The first-order valence-electron chi connectivity index (χ1n) is 37.9. The molecule has 19 heteroatoms. The number of rotatable bonds is 71. The third-order valence-electron chi connectivity index (χ3n) is 17.2. The molecule has 0 fully saturated rings. The lowest BCUT2D eigenvalue weighted by atomic mass is 10.00. The van der Waals surface area contributed by atoms with Crippen molar-refractivity contribution >= 4 is 39.5 Å². The summed E-state index contributed by atoms with van der Waals surface area (Å²) in [7, 11) is -9.91. The molecule has 0 rings (SSSR count). The molecule has 17 nitrogen and oxygen atoms in total. The summed E-state index contributed by atoms with van der Waals surface area (Å²) in [5, 5.41) is 10.6. The van der Waals surface area contributed by atoms with Crippen LogP contribution in [-0.2, 0) is 65.4 Å². The number of carbonyl (C=O) groups excluding carboxylic acids is 4. The first-order valence-corrected chi connectivity index (χ1v) is 40.9. The molecule has 3 N–H and O–H groups in total. The van der Waals surface area contributed by atoms with Gasteiger partial charge in [0.15, 0.2) is 12.2 Å². The summed E-state index contributed by atoms with van der Waals surface area (Å²) >= 11 is 0. The average molecular weight is 1350 g/mol. The Morgan fingerprint density at radius 1 is 0.315 bits per heavy atom. The number of aliphatic hydroxyl groups excluding tert-OH is 1. The number of ether oxygens (including phenoxy) is 4. The van der Waals surface area contributed by atoms with E-state index >= 15 is 0 Å². The van der Waals surface area contributed by atoms with Crippen molar-refractivity contribution in [2.24, 2.45) is 17.8 Å². The molecular weight excluding hydrogens is 1210 g/mol. The van der Waals surface area contributed by atoms with Crippen LogP contribution in [0.3, 0.4) is 0 Å². The zero-order valence-corrected chi connectivity index (χ0v) is 61.8. The maximum absolute atomic E-state index is 13.1. The predicted molar refractivity (Wildman–Crippen MR) is 372 cm³/mol. The lowest BCUT2D eigenvalue weighted by molar-refractivity contribution is -0.161. The molecule has 3 unspecified atom stereocenters. The molecule has 0 aliphatic rings. The van der Waals surface area contributed by atoms with E-state index in [2.05, 4.69) is 48.5 Å². The molecule has 0 amide bonds. The van der Waals surface area contributed by atoms with Gasteiger partial charge in [-0.15, -0.1) is 0 Å². The number of hydrogen-bond donors (Lipinski definition) is 3. The Kier molecular flexibility index (Phi) is 62.4. The van der Waals surface area contributed by atoms with Crippen LogP contribution in [0.5, 0.6) is 0 Å². The fraction of sp³-hybridized carbons (Fsp3) is 0.945. The summed E-state index contributed by atoms with van der Waals surface area (Å²) in [6.45, 7) is 11.8. The Morgan fingerprint density at radius 3 is 0.826 bits per heavy atom. The molecule has 0 radical (unpaired) electrons. The minimum Gasteiger partial charge on any atom is -0.462 e. The highest BCUT2D eigenvalue weighted by molar-refractivity contribution is 7.47. The number of unbranched alkanes of at least 4 members (excludes halogenated alkanes) is 38. The molecule has 0 bridgehead atoms. The van der Waals surface area contributed by atoms with Gasteiger partial charge in [-0.3, -0.25) is 37.3 Å². The molecule has 0 aromatic heterocycles. The van der Waals surface area contributed by atoms with Gasteiger partial charge < -0.3 is 33.8 Å².